The molecule has 1 aliphatic rings. The Labute approximate surface area is 207 Å². The summed E-state index contributed by atoms with van der Waals surface area (Å²) in [5.41, 5.74) is 6.90. The van der Waals surface area contributed by atoms with Crippen molar-refractivity contribution in [3.8, 4) is 22.8 Å². The Kier molecular flexibility index (Phi) is 5.97. The lowest BCUT2D eigenvalue weighted by atomic mass is 10.0. The van der Waals surface area contributed by atoms with Crippen molar-refractivity contribution in [3.63, 3.8) is 0 Å². The van der Waals surface area contributed by atoms with Crippen LogP contribution in [0.15, 0.2) is 79.3 Å². The number of aryl methyl sites for hydroxylation is 1. The van der Waals surface area contributed by atoms with Gasteiger partial charge in [0.25, 0.3) is 0 Å². The third-order valence-corrected chi connectivity index (χ3v) is 6.25. The van der Waals surface area contributed by atoms with E-state index in [1.807, 2.05) is 36.5 Å². The fraction of sp³-hybridized carbons (Fsp3) is 0.185. The van der Waals surface area contributed by atoms with Crippen LogP contribution in [0.5, 0.6) is 11.5 Å². The molecule has 1 fully saturated rings. The Morgan fingerprint density at radius 2 is 1.92 bits per heavy atom. The Morgan fingerprint density at radius 1 is 1.14 bits per heavy atom. The van der Waals surface area contributed by atoms with E-state index < -0.39 is 23.0 Å². The molecule has 1 saturated carbocycles. The number of ether oxygens (including phenoxy) is 1. The van der Waals surface area contributed by atoms with Gasteiger partial charge in [0, 0.05) is 42.8 Å². The van der Waals surface area contributed by atoms with Crippen molar-refractivity contribution >= 4 is 17.5 Å². The smallest absolute Gasteiger partial charge is 0.242 e. The maximum Gasteiger partial charge on any atom is 0.242 e. The van der Waals surface area contributed by atoms with Gasteiger partial charge in [-0.3, -0.25) is 19.3 Å². The minimum absolute atomic E-state index is 0.00904. The highest BCUT2D eigenvalue weighted by Gasteiger charge is 2.57. The number of benzene rings is 2. The van der Waals surface area contributed by atoms with Gasteiger partial charge in [0.2, 0.25) is 11.8 Å². The first-order valence-corrected chi connectivity index (χ1v) is 11.4. The topological polar surface area (TPSA) is 103 Å². The van der Waals surface area contributed by atoms with E-state index in [1.54, 1.807) is 42.3 Å². The van der Waals surface area contributed by atoms with Gasteiger partial charge >= 0.3 is 0 Å². The molecule has 0 radical (unpaired) electrons. The van der Waals surface area contributed by atoms with Crippen molar-refractivity contribution in [2.75, 3.05) is 4.90 Å². The second-order valence-electron chi connectivity index (χ2n) is 8.82. The first-order valence-electron chi connectivity index (χ1n) is 11.4. The van der Waals surface area contributed by atoms with E-state index in [9.17, 15) is 9.59 Å². The van der Waals surface area contributed by atoms with Gasteiger partial charge in [-0.15, -0.1) is 0 Å². The van der Waals surface area contributed by atoms with Gasteiger partial charge in [-0.1, -0.05) is 30.3 Å². The molecule has 5 rings (SSSR count). The van der Waals surface area contributed by atoms with Crippen LogP contribution in [0.1, 0.15) is 18.4 Å². The molecule has 0 unspecified atom stereocenters. The van der Waals surface area contributed by atoms with E-state index >= 15 is 4.39 Å². The van der Waals surface area contributed by atoms with E-state index in [0.717, 1.165) is 11.1 Å². The SMILES string of the molecule is Cn1cc(-c2cc(Oc3ccc(N(Cc4ccccc4)C(=O)C4(C(N)=O)CC4)cc3F)ccn2)cn1. The zero-order valence-corrected chi connectivity index (χ0v) is 19.6. The van der Waals surface area contributed by atoms with Crippen molar-refractivity contribution in [3.05, 3.63) is 90.6 Å². The fourth-order valence-corrected chi connectivity index (χ4v) is 4.05. The van der Waals surface area contributed by atoms with E-state index in [-0.39, 0.29) is 12.3 Å². The van der Waals surface area contributed by atoms with Crippen molar-refractivity contribution in [2.45, 2.75) is 19.4 Å². The molecule has 2 aromatic carbocycles. The summed E-state index contributed by atoms with van der Waals surface area (Å²) in [4.78, 5) is 31.2. The van der Waals surface area contributed by atoms with E-state index in [0.29, 0.717) is 30.0 Å². The molecule has 2 aromatic heterocycles. The van der Waals surface area contributed by atoms with Gasteiger partial charge in [0.15, 0.2) is 11.6 Å². The third kappa shape index (κ3) is 4.55. The van der Waals surface area contributed by atoms with Crippen LogP contribution in [-0.4, -0.2) is 26.6 Å². The molecular weight excluding hydrogens is 461 g/mol. The fourth-order valence-electron chi connectivity index (χ4n) is 4.05. The molecule has 9 heteroatoms. The summed E-state index contributed by atoms with van der Waals surface area (Å²) in [6, 6.07) is 16.9. The molecule has 182 valence electrons. The lowest BCUT2D eigenvalue weighted by Gasteiger charge is -2.27. The van der Waals surface area contributed by atoms with Gasteiger partial charge in [-0.2, -0.15) is 5.10 Å². The molecule has 2 heterocycles. The molecule has 0 aliphatic heterocycles. The summed E-state index contributed by atoms with van der Waals surface area (Å²) in [6.45, 7) is 0.174. The normalized spacial score (nSPS) is 13.7. The number of hydrogen-bond donors (Lipinski definition) is 1. The molecular formula is C27H24FN5O3. The number of amides is 2. The maximum absolute atomic E-state index is 15.2. The summed E-state index contributed by atoms with van der Waals surface area (Å²) in [5, 5.41) is 4.14. The number of nitrogens with zero attached hydrogens (tertiary/aromatic N) is 4. The minimum atomic E-state index is -1.24. The minimum Gasteiger partial charge on any atom is -0.454 e. The summed E-state index contributed by atoms with van der Waals surface area (Å²) in [6.07, 6.45) is 5.84. The van der Waals surface area contributed by atoms with E-state index in [1.165, 1.54) is 17.0 Å². The molecule has 1 aliphatic carbocycles. The number of aromatic nitrogens is 3. The van der Waals surface area contributed by atoms with Gasteiger partial charge in [-0.05, 0) is 36.6 Å². The standard InChI is InChI=1S/C27H24FN5O3/c1-32-17-19(15-31-32)23-14-21(9-12-30-23)36-24-8-7-20(13-22(24)28)33(16-18-5-3-2-4-6-18)26(35)27(10-11-27)25(29)34/h2-9,12-15,17H,10-11,16H2,1H3,(H2,29,34). The van der Waals surface area contributed by atoms with Gasteiger partial charge < -0.3 is 15.4 Å². The number of nitrogens with two attached hydrogens (primary N) is 1. The summed E-state index contributed by atoms with van der Waals surface area (Å²) in [7, 11) is 1.81. The average molecular weight is 486 g/mol. The molecule has 0 saturated heterocycles. The molecule has 36 heavy (non-hydrogen) atoms. The molecule has 0 bridgehead atoms. The Balaban J connectivity index is 1.42. The highest BCUT2D eigenvalue weighted by Crippen LogP contribution is 2.48. The van der Waals surface area contributed by atoms with Gasteiger partial charge in [0.05, 0.1) is 18.4 Å². The number of halogens is 1. The molecule has 0 atom stereocenters. The monoisotopic (exact) mass is 485 g/mol. The lowest BCUT2D eigenvalue weighted by molar-refractivity contribution is -0.133. The van der Waals surface area contributed by atoms with Crippen molar-refractivity contribution in [1.82, 2.24) is 14.8 Å². The number of hydrogen-bond acceptors (Lipinski definition) is 5. The molecule has 2 amide bonds. The van der Waals surface area contributed by atoms with Crippen molar-refractivity contribution < 1.29 is 18.7 Å². The van der Waals surface area contributed by atoms with Crippen molar-refractivity contribution in [1.29, 1.82) is 0 Å². The number of rotatable bonds is 8. The van der Waals surface area contributed by atoms with E-state index in [2.05, 4.69) is 10.1 Å². The zero-order chi connectivity index (χ0) is 25.3. The van der Waals surface area contributed by atoms with Crippen molar-refractivity contribution in [2.24, 2.45) is 18.2 Å². The molecule has 2 N–H and O–H groups in total. The van der Waals surface area contributed by atoms with Crippen LogP contribution in [0.4, 0.5) is 10.1 Å². The van der Waals surface area contributed by atoms with Gasteiger partial charge in [0.1, 0.15) is 11.2 Å². The highest BCUT2D eigenvalue weighted by molar-refractivity contribution is 6.13. The summed E-state index contributed by atoms with van der Waals surface area (Å²) in [5.74, 6) is -1.35. The largest absolute Gasteiger partial charge is 0.454 e. The summed E-state index contributed by atoms with van der Waals surface area (Å²) < 4.78 is 22.7. The quantitative estimate of drug-likeness (QED) is 0.377. The number of carbonyl (C=O) groups is 2. The molecule has 4 aromatic rings. The van der Waals surface area contributed by atoms with Crippen LogP contribution in [0.25, 0.3) is 11.3 Å². The first kappa shape index (κ1) is 23.2. The Morgan fingerprint density at radius 3 is 2.56 bits per heavy atom. The first-order chi connectivity index (χ1) is 17.4. The lowest BCUT2D eigenvalue weighted by Crippen LogP contribution is -2.43. The maximum atomic E-state index is 15.2. The number of anilines is 1. The third-order valence-electron chi connectivity index (χ3n) is 6.25. The predicted octanol–water partition coefficient (Wildman–Crippen LogP) is 4.21. The van der Waals surface area contributed by atoms with E-state index in [4.69, 9.17) is 10.5 Å². The predicted molar refractivity (Wildman–Crippen MR) is 131 cm³/mol. The Hall–Kier alpha value is -4.53. The van der Waals surface area contributed by atoms with Crippen LogP contribution < -0.4 is 15.4 Å². The molecule has 0 spiro atoms. The number of carbonyl (C=O) groups excluding carboxylic acids is 2. The second-order valence-corrected chi connectivity index (χ2v) is 8.82. The Bertz CT molecular complexity index is 1430. The van der Waals surface area contributed by atoms with Crippen LogP contribution in [0.3, 0.4) is 0 Å². The van der Waals surface area contributed by atoms with Gasteiger partial charge in [-0.25, -0.2) is 4.39 Å². The second kappa shape index (κ2) is 9.26. The van der Waals surface area contributed by atoms with Crippen LogP contribution >= 0.6 is 0 Å². The van der Waals surface area contributed by atoms with Crippen LogP contribution in [-0.2, 0) is 23.2 Å². The number of pyridine rings is 1. The highest BCUT2D eigenvalue weighted by atomic mass is 19.1. The molecule has 8 nitrogen and oxygen atoms in total. The van der Waals surface area contributed by atoms with Crippen LogP contribution in [0, 0.1) is 11.2 Å². The summed E-state index contributed by atoms with van der Waals surface area (Å²) >= 11 is 0. The van der Waals surface area contributed by atoms with Crippen LogP contribution in [0.2, 0.25) is 0 Å². The number of primary amides is 1. The average Bonchev–Trinajstić information content (AvgIpc) is 3.59. The zero-order valence-electron chi connectivity index (χ0n) is 19.6.